The molecule has 0 radical (unpaired) electrons. The van der Waals surface area contributed by atoms with E-state index in [9.17, 15) is 18.0 Å². The number of anilines is 1. The first kappa shape index (κ1) is 19.7. The number of hydrogen-bond donors (Lipinski definition) is 1. The van der Waals surface area contributed by atoms with Gasteiger partial charge in [-0.25, -0.2) is 0 Å². The number of ether oxygens (including phenoxy) is 2. The zero-order chi connectivity index (χ0) is 19.3. The SMILES string of the molecule is COc1ccc(C=CC(=O)Nc2ccc(Cl)c(C(F)(F)F)c2)c(OC)c1. The lowest BCUT2D eigenvalue weighted by Gasteiger charge is -2.11. The minimum atomic E-state index is -4.61. The maximum Gasteiger partial charge on any atom is 0.417 e. The molecule has 0 aliphatic rings. The van der Waals surface area contributed by atoms with Gasteiger partial charge >= 0.3 is 6.18 Å². The molecule has 1 amide bonds. The smallest absolute Gasteiger partial charge is 0.417 e. The molecule has 0 saturated heterocycles. The van der Waals surface area contributed by atoms with Crippen LogP contribution >= 0.6 is 11.6 Å². The van der Waals surface area contributed by atoms with Crippen molar-refractivity contribution in [2.24, 2.45) is 0 Å². The molecule has 138 valence electrons. The quantitative estimate of drug-likeness (QED) is 0.734. The molecular weight excluding hydrogens is 371 g/mol. The number of methoxy groups -OCH3 is 2. The van der Waals surface area contributed by atoms with Gasteiger partial charge in [-0.2, -0.15) is 13.2 Å². The molecule has 4 nitrogen and oxygen atoms in total. The third kappa shape index (κ3) is 4.92. The van der Waals surface area contributed by atoms with Gasteiger partial charge in [0.25, 0.3) is 0 Å². The molecule has 26 heavy (non-hydrogen) atoms. The minimum Gasteiger partial charge on any atom is -0.497 e. The molecule has 0 bridgehead atoms. The maximum atomic E-state index is 12.8. The molecule has 0 atom stereocenters. The van der Waals surface area contributed by atoms with Crippen molar-refractivity contribution in [2.45, 2.75) is 6.18 Å². The largest absolute Gasteiger partial charge is 0.497 e. The number of amides is 1. The number of halogens is 4. The molecule has 0 fully saturated rings. The van der Waals surface area contributed by atoms with E-state index < -0.39 is 22.7 Å². The molecule has 0 aliphatic carbocycles. The third-order valence-electron chi connectivity index (χ3n) is 3.39. The third-order valence-corrected chi connectivity index (χ3v) is 3.72. The van der Waals surface area contributed by atoms with E-state index in [1.165, 1.54) is 32.4 Å². The summed E-state index contributed by atoms with van der Waals surface area (Å²) in [5, 5.41) is 1.93. The van der Waals surface area contributed by atoms with Gasteiger partial charge in [0.1, 0.15) is 11.5 Å². The normalized spacial score (nSPS) is 11.5. The molecule has 2 aromatic rings. The van der Waals surface area contributed by atoms with Crippen LogP contribution in [0.5, 0.6) is 11.5 Å². The molecule has 0 saturated carbocycles. The first-order chi connectivity index (χ1) is 12.2. The predicted octanol–water partition coefficient (Wildman–Crippen LogP) is 5.03. The van der Waals surface area contributed by atoms with Crippen molar-refractivity contribution in [1.29, 1.82) is 0 Å². The fourth-order valence-corrected chi connectivity index (χ4v) is 2.35. The van der Waals surface area contributed by atoms with Gasteiger partial charge in [-0.05, 0) is 36.4 Å². The Morgan fingerprint density at radius 2 is 1.85 bits per heavy atom. The van der Waals surface area contributed by atoms with E-state index >= 15 is 0 Å². The first-order valence-electron chi connectivity index (χ1n) is 7.32. The molecule has 0 aliphatic heterocycles. The Morgan fingerprint density at radius 1 is 1.12 bits per heavy atom. The van der Waals surface area contributed by atoms with Crippen LogP contribution in [0.15, 0.2) is 42.5 Å². The van der Waals surface area contributed by atoms with Crippen molar-refractivity contribution in [2.75, 3.05) is 19.5 Å². The topological polar surface area (TPSA) is 47.6 Å². The van der Waals surface area contributed by atoms with Gasteiger partial charge in [0.2, 0.25) is 5.91 Å². The Morgan fingerprint density at radius 3 is 2.46 bits per heavy atom. The number of hydrogen-bond acceptors (Lipinski definition) is 3. The van der Waals surface area contributed by atoms with E-state index in [0.717, 1.165) is 12.1 Å². The lowest BCUT2D eigenvalue weighted by molar-refractivity contribution is -0.137. The van der Waals surface area contributed by atoms with Gasteiger partial charge in [0, 0.05) is 23.4 Å². The summed E-state index contributed by atoms with van der Waals surface area (Å²) in [7, 11) is 2.98. The van der Waals surface area contributed by atoms with Crippen molar-refractivity contribution in [3.8, 4) is 11.5 Å². The highest BCUT2D eigenvalue weighted by molar-refractivity contribution is 6.31. The summed E-state index contributed by atoms with van der Waals surface area (Å²) < 4.78 is 48.8. The van der Waals surface area contributed by atoms with Gasteiger partial charge in [0.05, 0.1) is 24.8 Å². The van der Waals surface area contributed by atoms with Gasteiger partial charge in [0.15, 0.2) is 0 Å². The van der Waals surface area contributed by atoms with Crippen LogP contribution in [0, 0.1) is 0 Å². The van der Waals surface area contributed by atoms with Crippen molar-refractivity contribution in [3.63, 3.8) is 0 Å². The van der Waals surface area contributed by atoms with E-state index in [0.29, 0.717) is 17.1 Å². The van der Waals surface area contributed by atoms with Gasteiger partial charge < -0.3 is 14.8 Å². The summed E-state index contributed by atoms with van der Waals surface area (Å²) in [5.41, 5.74) is -0.425. The number of alkyl halides is 3. The van der Waals surface area contributed by atoms with Gasteiger partial charge in [-0.1, -0.05) is 11.6 Å². The first-order valence-corrected chi connectivity index (χ1v) is 7.70. The summed E-state index contributed by atoms with van der Waals surface area (Å²) in [5.74, 6) is 0.474. The average molecular weight is 386 g/mol. The molecule has 8 heteroatoms. The second-order valence-corrected chi connectivity index (χ2v) is 5.53. The lowest BCUT2D eigenvalue weighted by Crippen LogP contribution is -2.11. The number of nitrogens with one attached hydrogen (secondary N) is 1. The molecule has 2 aromatic carbocycles. The Kier molecular flexibility index (Phi) is 6.15. The van der Waals surface area contributed by atoms with Crippen molar-refractivity contribution < 1.29 is 27.4 Å². The predicted molar refractivity (Wildman–Crippen MR) is 93.7 cm³/mol. The summed E-state index contributed by atoms with van der Waals surface area (Å²) in [6.07, 6.45) is -1.94. The number of rotatable bonds is 5. The zero-order valence-electron chi connectivity index (χ0n) is 13.9. The van der Waals surface area contributed by atoms with Crippen molar-refractivity contribution in [1.82, 2.24) is 0 Å². The van der Waals surface area contributed by atoms with E-state index in [1.807, 2.05) is 0 Å². The monoisotopic (exact) mass is 385 g/mol. The summed E-state index contributed by atoms with van der Waals surface area (Å²) in [4.78, 5) is 12.0. The highest BCUT2D eigenvalue weighted by Gasteiger charge is 2.33. The zero-order valence-corrected chi connectivity index (χ0v) is 14.6. The average Bonchev–Trinajstić information content (AvgIpc) is 2.60. The lowest BCUT2D eigenvalue weighted by atomic mass is 10.1. The number of carbonyl (C=O) groups excluding carboxylic acids is 1. The summed E-state index contributed by atoms with van der Waals surface area (Å²) in [6.45, 7) is 0. The van der Waals surface area contributed by atoms with Crippen LogP contribution < -0.4 is 14.8 Å². The van der Waals surface area contributed by atoms with Crippen molar-refractivity contribution >= 4 is 29.3 Å². The van der Waals surface area contributed by atoms with Crippen LogP contribution in [0.3, 0.4) is 0 Å². The van der Waals surface area contributed by atoms with E-state index in [2.05, 4.69) is 5.32 Å². The van der Waals surface area contributed by atoms with E-state index in [-0.39, 0.29) is 5.69 Å². The molecule has 0 heterocycles. The molecular formula is C18H15ClF3NO3. The van der Waals surface area contributed by atoms with Crippen molar-refractivity contribution in [3.05, 3.63) is 58.6 Å². The fraction of sp³-hybridized carbons (Fsp3) is 0.167. The van der Waals surface area contributed by atoms with Crippen LogP contribution in [0.25, 0.3) is 6.08 Å². The van der Waals surface area contributed by atoms with Crippen LogP contribution in [-0.4, -0.2) is 20.1 Å². The van der Waals surface area contributed by atoms with E-state index in [1.54, 1.807) is 18.2 Å². The molecule has 0 aromatic heterocycles. The summed E-state index contributed by atoms with van der Waals surface area (Å²) in [6, 6.07) is 8.17. The second-order valence-electron chi connectivity index (χ2n) is 5.12. The summed E-state index contributed by atoms with van der Waals surface area (Å²) >= 11 is 5.55. The number of carbonyl (C=O) groups is 1. The highest BCUT2D eigenvalue weighted by atomic mass is 35.5. The number of benzene rings is 2. The Balaban J connectivity index is 2.15. The van der Waals surface area contributed by atoms with Crippen LogP contribution in [-0.2, 0) is 11.0 Å². The van der Waals surface area contributed by atoms with E-state index in [4.69, 9.17) is 21.1 Å². The maximum absolute atomic E-state index is 12.8. The van der Waals surface area contributed by atoms with Crippen LogP contribution in [0.1, 0.15) is 11.1 Å². The van der Waals surface area contributed by atoms with Crippen LogP contribution in [0.2, 0.25) is 5.02 Å². The fourth-order valence-electron chi connectivity index (χ4n) is 2.13. The Bertz CT molecular complexity index is 835. The molecule has 0 spiro atoms. The Hall–Kier alpha value is -2.67. The highest BCUT2D eigenvalue weighted by Crippen LogP contribution is 2.36. The standard InChI is InChI=1S/C18H15ClF3NO3/c1-25-13-6-3-11(16(10-13)26-2)4-8-17(24)23-12-5-7-15(19)14(9-12)18(20,21)22/h3-10H,1-2H3,(H,23,24). The van der Waals surface area contributed by atoms with Crippen LogP contribution in [0.4, 0.5) is 18.9 Å². The molecule has 2 rings (SSSR count). The minimum absolute atomic E-state index is 0.0157. The molecule has 1 N–H and O–H groups in total. The van der Waals surface area contributed by atoms with Gasteiger partial charge in [-0.3, -0.25) is 4.79 Å². The second kappa shape index (κ2) is 8.14. The Labute approximate surface area is 153 Å². The molecule has 0 unspecified atom stereocenters. The van der Waals surface area contributed by atoms with Gasteiger partial charge in [-0.15, -0.1) is 0 Å².